The molecule has 0 spiro atoms. The third-order valence-electron chi connectivity index (χ3n) is 4.94. The second kappa shape index (κ2) is 6.95. The predicted molar refractivity (Wildman–Crippen MR) is 103 cm³/mol. The third kappa shape index (κ3) is 3.47. The summed E-state index contributed by atoms with van der Waals surface area (Å²) in [5.74, 6) is 6.64. The van der Waals surface area contributed by atoms with Crippen molar-refractivity contribution in [2.24, 2.45) is 0 Å². The molecule has 3 aromatic heterocycles. The van der Waals surface area contributed by atoms with Crippen LogP contribution in [-0.4, -0.2) is 33.3 Å². The molecule has 0 atom stereocenters. The van der Waals surface area contributed by atoms with E-state index >= 15 is 0 Å². The highest BCUT2D eigenvalue weighted by Gasteiger charge is 2.31. The maximum atomic E-state index is 10.7. The van der Waals surface area contributed by atoms with Gasteiger partial charge in [-0.05, 0) is 25.0 Å². The highest BCUT2D eigenvalue weighted by atomic mass is 16.5. The van der Waals surface area contributed by atoms with Gasteiger partial charge in [0.15, 0.2) is 0 Å². The van der Waals surface area contributed by atoms with Crippen molar-refractivity contribution in [2.45, 2.75) is 25.4 Å². The molecule has 0 saturated carbocycles. The van der Waals surface area contributed by atoms with Gasteiger partial charge in [0, 0.05) is 66.7 Å². The molecule has 3 N–H and O–H groups in total. The Balaban J connectivity index is 1.64. The first-order valence-electron chi connectivity index (χ1n) is 8.85. The Labute approximate surface area is 157 Å². The van der Waals surface area contributed by atoms with Crippen molar-refractivity contribution in [3.8, 4) is 11.8 Å². The molecule has 0 aromatic carbocycles. The van der Waals surface area contributed by atoms with Crippen molar-refractivity contribution in [3.05, 3.63) is 59.3 Å². The molecule has 6 heteroatoms. The van der Waals surface area contributed by atoms with Crippen LogP contribution < -0.4 is 5.73 Å². The minimum atomic E-state index is -0.862. The zero-order valence-corrected chi connectivity index (χ0v) is 15.1. The summed E-state index contributed by atoms with van der Waals surface area (Å²) in [6.45, 7) is 3.05. The van der Waals surface area contributed by atoms with Gasteiger partial charge in [-0.15, -0.1) is 0 Å². The number of rotatable bonds is 1. The lowest BCUT2D eigenvalue weighted by atomic mass is 9.87. The van der Waals surface area contributed by atoms with Crippen LogP contribution in [0.15, 0.2) is 36.8 Å². The second-order valence-electron chi connectivity index (χ2n) is 6.74. The average Bonchev–Trinajstić information content (AvgIpc) is 2.68. The van der Waals surface area contributed by atoms with E-state index in [0.717, 1.165) is 27.6 Å². The van der Waals surface area contributed by atoms with E-state index in [0.29, 0.717) is 37.6 Å². The zero-order chi connectivity index (χ0) is 18.9. The van der Waals surface area contributed by atoms with Crippen LogP contribution >= 0.6 is 0 Å². The van der Waals surface area contributed by atoms with Gasteiger partial charge in [0.05, 0.1) is 11.2 Å². The SMILES string of the molecule is Cc1ncc(C#Cc2ccc(C3(O)CCOCC3)cn2)c2cc(N)ncc12. The van der Waals surface area contributed by atoms with Gasteiger partial charge in [-0.3, -0.25) is 4.98 Å². The molecule has 27 heavy (non-hydrogen) atoms. The molecule has 0 unspecified atom stereocenters. The molecule has 0 bridgehead atoms. The number of hydrogen-bond donors (Lipinski definition) is 2. The highest BCUT2D eigenvalue weighted by Crippen LogP contribution is 2.31. The van der Waals surface area contributed by atoms with E-state index in [2.05, 4.69) is 26.8 Å². The summed E-state index contributed by atoms with van der Waals surface area (Å²) in [6.07, 6.45) is 6.32. The Morgan fingerprint density at radius 1 is 1.04 bits per heavy atom. The van der Waals surface area contributed by atoms with Gasteiger partial charge in [-0.2, -0.15) is 0 Å². The topological polar surface area (TPSA) is 94.2 Å². The van der Waals surface area contributed by atoms with E-state index in [9.17, 15) is 5.11 Å². The van der Waals surface area contributed by atoms with Gasteiger partial charge in [0.25, 0.3) is 0 Å². The molecule has 1 fully saturated rings. The molecular weight excluding hydrogens is 340 g/mol. The third-order valence-corrected chi connectivity index (χ3v) is 4.94. The molecule has 6 nitrogen and oxygen atoms in total. The quantitative estimate of drug-likeness (QED) is 0.647. The molecule has 3 aromatic rings. The molecule has 1 aliphatic rings. The first-order valence-corrected chi connectivity index (χ1v) is 8.85. The molecule has 4 rings (SSSR count). The Bertz CT molecular complexity index is 1050. The smallest absolute Gasteiger partial charge is 0.123 e. The molecule has 1 aliphatic heterocycles. The standard InChI is InChI=1S/C21H20N4O2/c1-14-19-13-25-20(22)10-18(19)15(11-23-14)2-4-17-5-3-16(12-24-17)21(26)6-8-27-9-7-21/h3,5,10-13,26H,6-9H2,1H3,(H2,22,25). The van der Waals surface area contributed by atoms with Gasteiger partial charge in [-0.25, -0.2) is 9.97 Å². The highest BCUT2D eigenvalue weighted by molar-refractivity contribution is 5.90. The second-order valence-corrected chi connectivity index (χ2v) is 6.74. The minimum Gasteiger partial charge on any atom is -0.385 e. The molecule has 0 amide bonds. The number of fused-ring (bicyclic) bond motifs is 1. The molecule has 1 saturated heterocycles. The van der Waals surface area contributed by atoms with Crippen LogP contribution in [0.4, 0.5) is 5.82 Å². The fourth-order valence-electron chi connectivity index (χ4n) is 3.25. The monoisotopic (exact) mass is 360 g/mol. The molecule has 0 aliphatic carbocycles. The number of hydrogen-bond acceptors (Lipinski definition) is 6. The molecule has 136 valence electrons. The summed E-state index contributed by atoms with van der Waals surface area (Å²) in [5, 5.41) is 12.6. The number of nitrogens with two attached hydrogens (primary N) is 1. The van der Waals surface area contributed by atoms with Gasteiger partial charge in [0.2, 0.25) is 0 Å². The van der Waals surface area contributed by atoms with Gasteiger partial charge in [0.1, 0.15) is 11.5 Å². The largest absolute Gasteiger partial charge is 0.385 e. The van der Waals surface area contributed by atoms with Crippen molar-refractivity contribution in [3.63, 3.8) is 0 Å². The number of nitrogens with zero attached hydrogens (tertiary/aromatic N) is 3. The number of aliphatic hydroxyl groups is 1. The Morgan fingerprint density at radius 3 is 2.59 bits per heavy atom. The summed E-state index contributed by atoms with van der Waals surface area (Å²) < 4.78 is 5.33. The number of pyridine rings is 3. The Morgan fingerprint density at radius 2 is 1.85 bits per heavy atom. The van der Waals surface area contributed by atoms with Crippen LogP contribution in [0.25, 0.3) is 10.8 Å². The summed E-state index contributed by atoms with van der Waals surface area (Å²) in [6, 6.07) is 5.52. The average molecular weight is 360 g/mol. The zero-order valence-electron chi connectivity index (χ0n) is 15.1. The summed E-state index contributed by atoms with van der Waals surface area (Å²) in [5.41, 5.74) is 8.06. The van der Waals surface area contributed by atoms with E-state index in [-0.39, 0.29) is 0 Å². The van der Waals surface area contributed by atoms with Crippen molar-refractivity contribution in [1.29, 1.82) is 0 Å². The van der Waals surface area contributed by atoms with Crippen molar-refractivity contribution >= 4 is 16.6 Å². The molecular formula is C21H20N4O2. The van der Waals surface area contributed by atoms with Crippen LogP contribution in [0.5, 0.6) is 0 Å². The van der Waals surface area contributed by atoms with Crippen LogP contribution in [0.2, 0.25) is 0 Å². The number of aryl methyl sites for hydroxylation is 1. The maximum Gasteiger partial charge on any atom is 0.123 e. The summed E-state index contributed by atoms with van der Waals surface area (Å²) >= 11 is 0. The van der Waals surface area contributed by atoms with Crippen LogP contribution in [-0.2, 0) is 10.3 Å². The normalized spacial score (nSPS) is 15.9. The summed E-state index contributed by atoms with van der Waals surface area (Å²) in [4.78, 5) is 12.9. The van der Waals surface area contributed by atoms with Crippen molar-refractivity contribution in [2.75, 3.05) is 18.9 Å². The first-order chi connectivity index (χ1) is 13.0. The van der Waals surface area contributed by atoms with Crippen LogP contribution in [0, 0.1) is 18.8 Å². The fraction of sp³-hybridized carbons (Fsp3) is 0.286. The fourth-order valence-corrected chi connectivity index (χ4v) is 3.25. The van der Waals surface area contributed by atoms with E-state index in [1.165, 1.54) is 0 Å². The van der Waals surface area contributed by atoms with E-state index < -0.39 is 5.60 Å². The van der Waals surface area contributed by atoms with Gasteiger partial charge >= 0.3 is 0 Å². The number of ether oxygens (including phenoxy) is 1. The van der Waals surface area contributed by atoms with Gasteiger partial charge < -0.3 is 15.6 Å². The van der Waals surface area contributed by atoms with Crippen LogP contribution in [0.1, 0.15) is 35.4 Å². The summed E-state index contributed by atoms with van der Waals surface area (Å²) in [7, 11) is 0. The van der Waals surface area contributed by atoms with Gasteiger partial charge in [-0.1, -0.05) is 12.0 Å². The van der Waals surface area contributed by atoms with Crippen molar-refractivity contribution in [1.82, 2.24) is 15.0 Å². The predicted octanol–water partition coefficient (Wildman–Crippen LogP) is 2.31. The lowest BCUT2D eigenvalue weighted by Crippen LogP contribution is -2.33. The Hall–Kier alpha value is -3.01. The first kappa shape index (κ1) is 17.4. The molecule has 0 radical (unpaired) electrons. The molecule has 4 heterocycles. The lowest BCUT2D eigenvalue weighted by molar-refractivity contribution is -0.0681. The number of aromatic nitrogens is 3. The van der Waals surface area contributed by atoms with E-state index in [4.69, 9.17) is 10.5 Å². The Kier molecular flexibility index (Phi) is 4.48. The number of anilines is 1. The van der Waals surface area contributed by atoms with E-state index in [1.54, 1.807) is 18.6 Å². The van der Waals surface area contributed by atoms with E-state index in [1.807, 2.05) is 25.1 Å². The number of nitrogen functional groups attached to an aromatic ring is 1. The lowest BCUT2D eigenvalue weighted by Gasteiger charge is -2.32. The minimum absolute atomic E-state index is 0.448. The maximum absolute atomic E-state index is 10.7. The van der Waals surface area contributed by atoms with Crippen molar-refractivity contribution < 1.29 is 9.84 Å². The van der Waals surface area contributed by atoms with Crippen LogP contribution in [0.3, 0.4) is 0 Å².